The van der Waals surface area contributed by atoms with Crippen LogP contribution in [0.25, 0.3) is 16.9 Å². The number of nitro benzene ring substituents is 1. The van der Waals surface area contributed by atoms with E-state index < -0.39 is 14.8 Å². The summed E-state index contributed by atoms with van der Waals surface area (Å²) in [6, 6.07) is 13.8. The van der Waals surface area contributed by atoms with Crippen molar-refractivity contribution in [2.45, 2.75) is 4.90 Å². The Morgan fingerprint density at radius 2 is 1.86 bits per heavy atom. The molecule has 3 rings (SSSR count). The Labute approximate surface area is 160 Å². The van der Waals surface area contributed by atoms with E-state index in [0.29, 0.717) is 16.9 Å². The van der Waals surface area contributed by atoms with Gasteiger partial charge in [-0.25, -0.2) is 13.1 Å². The van der Waals surface area contributed by atoms with Gasteiger partial charge in [-0.3, -0.25) is 10.1 Å². The van der Waals surface area contributed by atoms with Crippen molar-refractivity contribution in [2.24, 2.45) is 0 Å². The summed E-state index contributed by atoms with van der Waals surface area (Å²) >= 11 is 0. The monoisotopic (exact) mass is 398 g/mol. The lowest BCUT2D eigenvalue weighted by molar-refractivity contribution is -0.385. The first-order valence-electron chi connectivity index (χ1n) is 7.88. The molecule has 0 saturated heterocycles. The number of hydrogen-bond acceptors (Lipinski definition) is 7. The fraction of sp³-hybridized carbons (Fsp3) is 0.111. The van der Waals surface area contributed by atoms with Crippen molar-refractivity contribution in [3.8, 4) is 28.8 Å². The summed E-state index contributed by atoms with van der Waals surface area (Å²) in [7, 11) is -2.02. The normalized spacial score (nSPS) is 11.0. The molecule has 9 nitrogen and oxygen atoms in total. The van der Waals surface area contributed by atoms with Crippen molar-refractivity contribution in [3.63, 3.8) is 0 Å². The summed E-state index contributed by atoms with van der Waals surface area (Å²) in [6.07, 6.45) is 1.11. The maximum atomic E-state index is 11.6. The average Bonchev–Trinajstić information content (AvgIpc) is 3.11. The molecule has 3 aromatic rings. The molecule has 0 unspecified atom stereocenters. The van der Waals surface area contributed by atoms with E-state index in [2.05, 4.69) is 5.10 Å². The summed E-state index contributed by atoms with van der Waals surface area (Å²) in [6.45, 7) is 0. The van der Waals surface area contributed by atoms with Gasteiger partial charge in [0, 0.05) is 24.0 Å². The van der Waals surface area contributed by atoms with Crippen molar-refractivity contribution in [1.82, 2.24) is 9.78 Å². The Kier molecular flexibility index (Phi) is 4.85. The Morgan fingerprint density at radius 3 is 2.39 bits per heavy atom. The van der Waals surface area contributed by atoms with E-state index in [4.69, 9.17) is 4.74 Å². The first-order chi connectivity index (χ1) is 13.2. The number of hydrogen-bond donors (Lipinski definition) is 0. The molecule has 10 heteroatoms. The van der Waals surface area contributed by atoms with Crippen molar-refractivity contribution >= 4 is 15.5 Å². The average molecular weight is 398 g/mol. The molecular formula is C18H14N4O5S. The van der Waals surface area contributed by atoms with Crippen LogP contribution in [0.2, 0.25) is 0 Å². The largest absolute Gasteiger partial charge is 0.490 e. The molecule has 28 heavy (non-hydrogen) atoms. The number of sulfone groups is 1. The predicted molar refractivity (Wildman–Crippen MR) is 100 cm³/mol. The maximum absolute atomic E-state index is 11.6. The number of nitriles is 1. The highest BCUT2D eigenvalue weighted by atomic mass is 32.2. The highest BCUT2D eigenvalue weighted by Gasteiger charge is 2.19. The van der Waals surface area contributed by atoms with Crippen molar-refractivity contribution in [2.75, 3.05) is 13.4 Å². The van der Waals surface area contributed by atoms with E-state index in [1.54, 1.807) is 18.2 Å². The third kappa shape index (κ3) is 3.56. The number of nitro groups is 1. The number of ether oxygens (including phenoxy) is 1. The Hall–Kier alpha value is -3.71. The zero-order chi connectivity index (χ0) is 20.5. The molecule has 2 aromatic carbocycles. The molecule has 0 N–H and O–H groups in total. The predicted octanol–water partition coefficient (Wildman–Crippen LogP) is 2.73. The summed E-state index contributed by atoms with van der Waals surface area (Å²) < 4.78 is 29.7. The minimum atomic E-state index is -3.35. The van der Waals surface area contributed by atoms with Crippen LogP contribution >= 0.6 is 0 Å². The molecule has 0 amide bonds. The molecule has 0 radical (unpaired) electrons. The zero-order valence-corrected chi connectivity index (χ0v) is 15.7. The SMILES string of the molecule is COc1ccc(-n2nc(C#N)cc2-c2ccc(S(C)(=O)=O)cc2)cc1[N+](=O)[O-]. The van der Waals surface area contributed by atoms with Crippen LogP contribution < -0.4 is 4.74 Å². The third-order valence-electron chi connectivity index (χ3n) is 4.01. The maximum Gasteiger partial charge on any atom is 0.313 e. The van der Waals surface area contributed by atoms with Crippen molar-refractivity contribution in [3.05, 3.63) is 64.3 Å². The van der Waals surface area contributed by atoms with Gasteiger partial charge >= 0.3 is 5.69 Å². The quantitative estimate of drug-likeness (QED) is 0.477. The van der Waals surface area contributed by atoms with Gasteiger partial charge in [0.05, 0.1) is 28.3 Å². The van der Waals surface area contributed by atoms with Crippen LogP contribution in [0, 0.1) is 21.4 Å². The minimum Gasteiger partial charge on any atom is -0.490 e. The first-order valence-corrected chi connectivity index (χ1v) is 9.77. The van der Waals surface area contributed by atoms with Crippen LogP contribution in [0.1, 0.15) is 5.69 Å². The topological polar surface area (TPSA) is 128 Å². The fourth-order valence-electron chi connectivity index (χ4n) is 2.66. The summed E-state index contributed by atoms with van der Waals surface area (Å²) in [5, 5.41) is 24.7. The van der Waals surface area contributed by atoms with Crippen LogP contribution in [0.4, 0.5) is 5.69 Å². The number of nitrogens with zero attached hydrogens (tertiary/aromatic N) is 4. The van der Waals surface area contributed by atoms with E-state index in [-0.39, 0.29) is 22.0 Å². The smallest absolute Gasteiger partial charge is 0.313 e. The van der Waals surface area contributed by atoms with Gasteiger partial charge in [0.15, 0.2) is 21.3 Å². The molecule has 1 aromatic heterocycles. The second kappa shape index (κ2) is 7.13. The standard InChI is InChI=1S/C18H14N4O5S/c1-27-18-8-5-14(10-17(18)22(23)24)21-16(9-13(11-19)20-21)12-3-6-15(7-4-12)28(2,25)26/h3-10H,1-2H3. The molecule has 0 aliphatic rings. The number of aromatic nitrogens is 2. The number of methoxy groups -OCH3 is 1. The second-order valence-electron chi connectivity index (χ2n) is 5.85. The molecule has 0 fully saturated rings. The number of benzene rings is 2. The zero-order valence-electron chi connectivity index (χ0n) is 14.9. The van der Waals surface area contributed by atoms with E-state index in [1.807, 2.05) is 6.07 Å². The van der Waals surface area contributed by atoms with Gasteiger partial charge in [0.2, 0.25) is 0 Å². The van der Waals surface area contributed by atoms with E-state index in [1.165, 1.54) is 42.1 Å². The van der Waals surface area contributed by atoms with Crippen LogP contribution in [-0.4, -0.2) is 36.5 Å². The Balaban J connectivity index is 2.17. The first kappa shape index (κ1) is 19.1. The molecule has 1 heterocycles. The molecule has 0 aliphatic heterocycles. The molecule has 0 spiro atoms. The lowest BCUT2D eigenvalue weighted by atomic mass is 10.1. The van der Waals surface area contributed by atoms with Gasteiger partial charge in [0.1, 0.15) is 6.07 Å². The molecule has 0 atom stereocenters. The number of rotatable bonds is 5. The van der Waals surface area contributed by atoms with E-state index in [9.17, 15) is 23.8 Å². The minimum absolute atomic E-state index is 0.0977. The van der Waals surface area contributed by atoms with Crippen molar-refractivity contribution < 1.29 is 18.1 Å². The Morgan fingerprint density at radius 1 is 1.18 bits per heavy atom. The third-order valence-corrected chi connectivity index (χ3v) is 5.13. The second-order valence-corrected chi connectivity index (χ2v) is 7.86. The summed E-state index contributed by atoms with van der Waals surface area (Å²) in [5.74, 6) is 0.0977. The van der Waals surface area contributed by atoms with Gasteiger partial charge in [-0.05, 0) is 24.3 Å². The molecular weight excluding hydrogens is 384 g/mol. The van der Waals surface area contributed by atoms with Crippen LogP contribution in [0.5, 0.6) is 5.75 Å². The highest BCUT2D eigenvalue weighted by molar-refractivity contribution is 7.90. The van der Waals surface area contributed by atoms with Gasteiger partial charge in [-0.2, -0.15) is 10.4 Å². The van der Waals surface area contributed by atoms with E-state index >= 15 is 0 Å². The highest BCUT2D eigenvalue weighted by Crippen LogP contribution is 2.31. The summed E-state index contributed by atoms with van der Waals surface area (Å²) in [4.78, 5) is 10.9. The summed E-state index contributed by atoms with van der Waals surface area (Å²) in [5.41, 5.74) is 1.31. The van der Waals surface area contributed by atoms with Gasteiger partial charge in [-0.15, -0.1) is 0 Å². The van der Waals surface area contributed by atoms with Gasteiger partial charge in [0.25, 0.3) is 0 Å². The lowest BCUT2D eigenvalue weighted by Crippen LogP contribution is -2.02. The molecule has 0 aliphatic carbocycles. The molecule has 0 saturated carbocycles. The van der Waals surface area contributed by atoms with Crippen molar-refractivity contribution in [1.29, 1.82) is 5.26 Å². The van der Waals surface area contributed by atoms with Crippen LogP contribution in [0.15, 0.2) is 53.4 Å². The fourth-order valence-corrected chi connectivity index (χ4v) is 3.29. The van der Waals surface area contributed by atoms with Gasteiger partial charge < -0.3 is 4.74 Å². The van der Waals surface area contributed by atoms with Crippen LogP contribution in [0.3, 0.4) is 0 Å². The molecule has 0 bridgehead atoms. The Bertz CT molecular complexity index is 1210. The molecule has 142 valence electrons. The van der Waals surface area contributed by atoms with E-state index in [0.717, 1.165) is 6.26 Å². The van der Waals surface area contributed by atoms with Gasteiger partial charge in [-0.1, -0.05) is 12.1 Å². The lowest BCUT2D eigenvalue weighted by Gasteiger charge is -2.09. The van der Waals surface area contributed by atoms with Crippen LogP contribution in [-0.2, 0) is 9.84 Å².